The second kappa shape index (κ2) is 10.2. The third kappa shape index (κ3) is 14.7. The molecule has 0 heterocycles. The summed E-state index contributed by atoms with van der Waals surface area (Å²) in [6, 6.07) is 8.73. The molecule has 0 aromatic heterocycles. The van der Waals surface area contributed by atoms with Gasteiger partial charge in [0.2, 0.25) is 5.79 Å². The lowest BCUT2D eigenvalue weighted by Crippen LogP contribution is -2.34. The first-order valence-electron chi connectivity index (χ1n) is 8.35. The highest BCUT2D eigenvalue weighted by Crippen LogP contribution is 2.17. The zero-order valence-corrected chi connectivity index (χ0v) is 17.2. The van der Waals surface area contributed by atoms with Gasteiger partial charge in [0, 0.05) is 13.8 Å². The number of rotatable bonds is 5. The number of carbonyl (C=O) groups is 2. The molecule has 1 rings (SSSR count). The van der Waals surface area contributed by atoms with E-state index < -0.39 is 29.1 Å². The Kier molecular flexibility index (Phi) is 9.43. The quantitative estimate of drug-likeness (QED) is 0.335. The predicted molar refractivity (Wildman–Crippen MR) is 97.8 cm³/mol. The molecular formula is C19H30O8. The van der Waals surface area contributed by atoms with Crippen molar-refractivity contribution >= 4 is 12.1 Å². The van der Waals surface area contributed by atoms with E-state index in [0.29, 0.717) is 5.56 Å². The minimum atomic E-state index is -1.40. The van der Waals surface area contributed by atoms with Crippen molar-refractivity contribution in [2.75, 3.05) is 0 Å². The molecule has 0 bridgehead atoms. The molecule has 0 saturated carbocycles. The number of carbonyl (C=O) groups excluding carboxylic acids is 1. The largest absolute Gasteiger partial charge is 0.508 e. The van der Waals surface area contributed by atoms with Gasteiger partial charge >= 0.3 is 12.1 Å². The first-order valence-corrected chi connectivity index (χ1v) is 8.35. The van der Waals surface area contributed by atoms with Gasteiger partial charge in [-0.2, -0.15) is 9.78 Å². The van der Waals surface area contributed by atoms with Crippen LogP contribution in [0.5, 0.6) is 0 Å². The van der Waals surface area contributed by atoms with E-state index in [9.17, 15) is 9.59 Å². The van der Waals surface area contributed by atoms with Crippen LogP contribution < -0.4 is 0 Å². The summed E-state index contributed by atoms with van der Waals surface area (Å²) in [6.45, 7) is 13.7. The van der Waals surface area contributed by atoms with Crippen molar-refractivity contribution in [3.05, 3.63) is 35.9 Å². The van der Waals surface area contributed by atoms with Crippen LogP contribution in [-0.4, -0.2) is 34.2 Å². The minimum Gasteiger partial charge on any atom is -0.450 e. The van der Waals surface area contributed by atoms with Gasteiger partial charge in [0.15, 0.2) is 0 Å². The van der Waals surface area contributed by atoms with Crippen LogP contribution in [0.15, 0.2) is 30.3 Å². The smallest absolute Gasteiger partial charge is 0.450 e. The zero-order chi connectivity index (χ0) is 21.3. The van der Waals surface area contributed by atoms with Crippen LogP contribution in [0, 0.1) is 0 Å². The Balaban J connectivity index is 0.000000503. The molecule has 0 spiro atoms. The summed E-state index contributed by atoms with van der Waals surface area (Å²) in [5, 5.41) is 8.32. The first-order chi connectivity index (χ1) is 12.1. The molecule has 0 aliphatic carbocycles. The van der Waals surface area contributed by atoms with Crippen molar-refractivity contribution in [2.45, 2.75) is 72.4 Å². The summed E-state index contributed by atoms with van der Waals surface area (Å²) in [7, 11) is 0. The highest BCUT2D eigenvalue weighted by Gasteiger charge is 2.27. The van der Waals surface area contributed by atoms with Crippen molar-refractivity contribution in [3.8, 4) is 0 Å². The van der Waals surface area contributed by atoms with E-state index in [1.54, 1.807) is 45.0 Å². The van der Waals surface area contributed by atoms with E-state index in [4.69, 9.17) is 19.8 Å². The monoisotopic (exact) mass is 386 g/mol. The van der Waals surface area contributed by atoms with Crippen molar-refractivity contribution in [1.82, 2.24) is 0 Å². The lowest BCUT2D eigenvalue weighted by atomic mass is 10.2. The van der Waals surface area contributed by atoms with Crippen LogP contribution in [0.25, 0.3) is 0 Å². The van der Waals surface area contributed by atoms with Crippen LogP contribution in [0.3, 0.4) is 0 Å². The number of carboxylic acid groups (broad SMARTS) is 1. The molecule has 0 aliphatic heterocycles. The molecule has 27 heavy (non-hydrogen) atoms. The molecule has 8 nitrogen and oxygen atoms in total. The Bertz CT molecular complexity index is 582. The van der Waals surface area contributed by atoms with Gasteiger partial charge in [-0.15, -0.1) is 0 Å². The van der Waals surface area contributed by atoms with Crippen molar-refractivity contribution in [3.63, 3.8) is 0 Å². The van der Waals surface area contributed by atoms with Crippen LogP contribution in [0.1, 0.15) is 65.7 Å². The molecule has 0 aliphatic rings. The maximum atomic E-state index is 11.3. The molecule has 0 atom stereocenters. The predicted octanol–water partition coefficient (Wildman–Crippen LogP) is 4.74. The van der Waals surface area contributed by atoms with Gasteiger partial charge < -0.3 is 9.84 Å². The zero-order valence-electron chi connectivity index (χ0n) is 17.2. The van der Waals surface area contributed by atoms with Crippen LogP contribution >= 0.6 is 0 Å². The van der Waals surface area contributed by atoms with E-state index in [1.807, 2.05) is 26.8 Å². The minimum absolute atomic E-state index is 0.472. The van der Waals surface area contributed by atoms with Gasteiger partial charge in [-0.05, 0) is 53.7 Å². The lowest BCUT2D eigenvalue weighted by molar-refractivity contribution is -0.440. The second-order valence-electron chi connectivity index (χ2n) is 7.98. The second-order valence-corrected chi connectivity index (χ2v) is 7.98. The number of hydrogen-bond donors (Lipinski definition) is 1. The van der Waals surface area contributed by atoms with E-state index in [2.05, 4.69) is 9.62 Å². The first kappa shape index (κ1) is 24.8. The number of benzene rings is 1. The molecule has 0 unspecified atom stereocenters. The average Bonchev–Trinajstić information content (AvgIpc) is 2.50. The fourth-order valence-electron chi connectivity index (χ4n) is 1.24. The molecule has 0 fully saturated rings. The molecule has 154 valence electrons. The molecule has 0 amide bonds. The highest BCUT2D eigenvalue weighted by atomic mass is 17.2. The van der Waals surface area contributed by atoms with Crippen molar-refractivity contribution in [1.29, 1.82) is 0 Å². The van der Waals surface area contributed by atoms with Gasteiger partial charge in [-0.1, -0.05) is 18.2 Å². The third-order valence-electron chi connectivity index (χ3n) is 2.20. The molecule has 0 radical (unpaired) electrons. The molecule has 8 heteroatoms. The summed E-state index contributed by atoms with van der Waals surface area (Å²) in [5.41, 5.74) is -0.499. The summed E-state index contributed by atoms with van der Waals surface area (Å²) >= 11 is 0. The molecule has 1 aromatic carbocycles. The highest BCUT2D eigenvalue weighted by molar-refractivity contribution is 5.88. The summed E-state index contributed by atoms with van der Waals surface area (Å²) < 4.78 is 4.40. The Morgan fingerprint density at radius 2 is 1.26 bits per heavy atom. The Hall–Kier alpha value is -2.16. The number of ether oxygens (including phenoxy) is 1. The van der Waals surface area contributed by atoms with Crippen LogP contribution in [-0.2, 0) is 24.3 Å². The topological polar surface area (TPSA) is 101 Å². The van der Waals surface area contributed by atoms with Gasteiger partial charge in [0.25, 0.3) is 0 Å². The average molecular weight is 386 g/mol. The maximum Gasteiger partial charge on any atom is 0.508 e. The Labute approximate surface area is 160 Å². The SMILES string of the molecule is CC(C)(C)OOC(=O)c1ccccc1.CC(C)(C)OOC(C)(C)OC(=O)O. The van der Waals surface area contributed by atoms with E-state index in [1.165, 1.54) is 13.8 Å². The summed E-state index contributed by atoms with van der Waals surface area (Å²) in [6.07, 6.45) is -1.40. The van der Waals surface area contributed by atoms with Gasteiger partial charge in [-0.25, -0.2) is 14.5 Å². The third-order valence-corrected chi connectivity index (χ3v) is 2.20. The van der Waals surface area contributed by atoms with E-state index in [-0.39, 0.29) is 0 Å². The Morgan fingerprint density at radius 1 is 0.778 bits per heavy atom. The van der Waals surface area contributed by atoms with Crippen molar-refractivity contribution < 1.29 is 39.0 Å². The van der Waals surface area contributed by atoms with Crippen LogP contribution in [0.4, 0.5) is 4.79 Å². The molecular weight excluding hydrogens is 356 g/mol. The fourth-order valence-corrected chi connectivity index (χ4v) is 1.24. The standard InChI is InChI=1S/C11H14O3.C8H16O5/c1-11(2,3)14-13-10(12)9-7-5-4-6-8-9;1-7(2,3)12-13-8(4,5)11-6(9)10/h4-8H,1-3H3;1-5H3,(H,9,10). The summed E-state index contributed by atoms with van der Waals surface area (Å²) in [5.74, 6) is -1.76. The van der Waals surface area contributed by atoms with Crippen molar-refractivity contribution in [2.24, 2.45) is 0 Å². The number of hydrogen-bond acceptors (Lipinski definition) is 7. The van der Waals surface area contributed by atoms with Gasteiger partial charge in [-0.3, -0.25) is 4.89 Å². The Morgan fingerprint density at radius 3 is 1.67 bits per heavy atom. The molecule has 1 N–H and O–H groups in total. The van der Waals surface area contributed by atoms with Gasteiger partial charge in [0.05, 0.1) is 11.2 Å². The van der Waals surface area contributed by atoms with Gasteiger partial charge in [0.1, 0.15) is 5.60 Å². The van der Waals surface area contributed by atoms with E-state index in [0.717, 1.165) is 0 Å². The maximum absolute atomic E-state index is 11.3. The molecule has 1 aromatic rings. The lowest BCUT2D eigenvalue weighted by Gasteiger charge is -2.26. The fraction of sp³-hybridized carbons (Fsp3) is 0.579. The van der Waals surface area contributed by atoms with Crippen LogP contribution in [0.2, 0.25) is 0 Å². The summed E-state index contributed by atoms with van der Waals surface area (Å²) in [4.78, 5) is 40.8. The normalized spacial score (nSPS) is 11.9. The molecule has 0 saturated heterocycles. The van der Waals surface area contributed by atoms with E-state index >= 15 is 0 Å².